The molecule has 17 nitrogen and oxygen atoms in total. The zero-order valence-corrected chi connectivity index (χ0v) is 59.9. The Bertz CT molecular complexity index is 1720. The third-order valence-electron chi connectivity index (χ3n) is 16.6. The van der Waals surface area contributed by atoms with E-state index < -0.39 is 97.5 Å². The lowest BCUT2D eigenvalue weighted by atomic mass is 10.0. The van der Waals surface area contributed by atoms with Gasteiger partial charge in [-0.2, -0.15) is 0 Å². The third-order valence-corrected chi connectivity index (χ3v) is 18.5. The molecule has 0 aromatic heterocycles. The van der Waals surface area contributed by atoms with Crippen LogP contribution in [-0.4, -0.2) is 96.7 Å². The number of esters is 4. The van der Waals surface area contributed by atoms with Crippen molar-refractivity contribution in [3.63, 3.8) is 0 Å². The van der Waals surface area contributed by atoms with Crippen molar-refractivity contribution in [2.75, 3.05) is 39.6 Å². The normalized spacial score (nSPS) is 14.0. The molecule has 534 valence electrons. The highest BCUT2D eigenvalue weighted by Crippen LogP contribution is 2.45. The average molecular weight is 1330 g/mol. The Kier molecular flexibility index (Phi) is 64.3. The first-order chi connectivity index (χ1) is 43.7. The summed E-state index contributed by atoms with van der Waals surface area (Å²) in [4.78, 5) is 72.3. The first-order valence-electron chi connectivity index (χ1n) is 37.3. The van der Waals surface area contributed by atoms with E-state index in [1.165, 1.54) is 199 Å². The van der Waals surface area contributed by atoms with E-state index in [0.717, 1.165) is 96.3 Å². The molecule has 90 heavy (non-hydrogen) atoms. The Labute approximate surface area is 549 Å². The molecule has 0 spiro atoms. The lowest BCUT2D eigenvalue weighted by Crippen LogP contribution is -2.30. The molecule has 0 bridgehead atoms. The van der Waals surface area contributed by atoms with Gasteiger partial charge in [-0.15, -0.1) is 0 Å². The van der Waals surface area contributed by atoms with Gasteiger partial charge in [-0.05, 0) is 25.7 Å². The van der Waals surface area contributed by atoms with Crippen molar-refractivity contribution >= 4 is 39.5 Å². The molecular formula is C71H138O17P2. The van der Waals surface area contributed by atoms with Crippen LogP contribution in [0.4, 0.5) is 0 Å². The summed E-state index contributed by atoms with van der Waals surface area (Å²) in [5, 5.41) is 10.6. The Morgan fingerprint density at radius 1 is 0.267 bits per heavy atom. The SMILES string of the molecule is CCCCCCCCCCCCCCCCCCCCCCCC(=O)O[C@H](COC(=O)CCCCCCCCCCCCCCC)COP(=O)(O)OC[C@@H](O)COP(=O)(O)OC[C@@H](COC(=O)CCCCCCC)OC(=O)CCCCCCCCCCCCC. The highest BCUT2D eigenvalue weighted by Gasteiger charge is 2.30. The lowest BCUT2D eigenvalue weighted by Gasteiger charge is -2.21. The molecule has 0 aliphatic heterocycles. The van der Waals surface area contributed by atoms with Crippen LogP contribution in [0.1, 0.15) is 374 Å². The molecule has 0 aromatic rings. The number of rotatable bonds is 72. The van der Waals surface area contributed by atoms with Crippen molar-refractivity contribution < 1.29 is 80.2 Å². The molecule has 0 aliphatic carbocycles. The number of phosphoric acid groups is 2. The van der Waals surface area contributed by atoms with E-state index >= 15 is 0 Å². The van der Waals surface area contributed by atoms with Crippen LogP contribution in [0.25, 0.3) is 0 Å². The van der Waals surface area contributed by atoms with Gasteiger partial charge in [0.1, 0.15) is 19.3 Å². The molecule has 0 saturated carbocycles. The minimum atomic E-state index is -4.95. The van der Waals surface area contributed by atoms with Crippen LogP contribution in [0.2, 0.25) is 0 Å². The summed E-state index contributed by atoms with van der Waals surface area (Å²) in [6.07, 6.45) is 54.6. The largest absolute Gasteiger partial charge is 0.472 e. The van der Waals surface area contributed by atoms with Crippen molar-refractivity contribution in [2.45, 2.75) is 393 Å². The Hall–Kier alpha value is -1.94. The minimum Gasteiger partial charge on any atom is -0.462 e. The number of phosphoric ester groups is 2. The third kappa shape index (κ3) is 64.8. The molecule has 0 aromatic carbocycles. The molecule has 0 rings (SSSR count). The fourth-order valence-electron chi connectivity index (χ4n) is 10.9. The molecule has 5 atom stereocenters. The molecule has 0 aliphatic rings. The van der Waals surface area contributed by atoms with Crippen molar-refractivity contribution in [3.05, 3.63) is 0 Å². The van der Waals surface area contributed by atoms with Gasteiger partial charge < -0.3 is 33.8 Å². The number of carbonyl (C=O) groups excluding carboxylic acids is 4. The van der Waals surface area contributed by atoms with Crippen molar-refractivity contribution in [1.29, 1.82) is 0 Å². The predicted molar refractivity (Wildman–Crippen MR) is 363 cm³/mol. The highest BCUT2D eigenvalue weighted by atomic mass is 31.2. The van der Waals surface area contributed by atoms with E-state index in [1.807, 2.05) is 0 Å². The molecule has 0 fully saturated rings. The molecule has 0 heterocycles. The van der Waals surface area contributed by atoms with Gasteiger partial charge in [-0.25, -0.2) is 9.13 Å². The Morgan fingerprint density at radius 3 is 0.656 bits per heavy atom. The fraction of sp³-hybridized carbons (Fsp3) is 0.944. The molecular weight excluding hydrogens is 1190 g/mol. The average Bonchev–Trinajstić information content (AvgIpc) is 3.69. The van der Waals surface area contributed by atoms with E-state index in [-0.39, 0.29) is 25.7 Å². The molecule has 0 amide bonds. The standard InChI is InChI=1S/C71H138O17P2/c1-5-9-13-17-20-23-26-28-29-30-31-32-33-34-35-37-40-43-46-50-54-58-71(76)88-67(62-82-69(74)56-52-48-44-41-39-36-27-24-21-18-14-10-6-2)64-86-90(79,80)84-60-65(72)59-83-89(77,78)85-63-66(61-81-68(73)55-51-47-16-12-8-4)87-70(75)57-53-49-45-42-38-25-22-19-15-11-7-3/h65-67,72H,5-64H2,1-4H3,(H,77,78)(H,79,80)/t65-,66+,67+/m0/s1. The fourth-order valence-corrected chi connectivity index (χ4v) is 12.4. The summed E-state index contributed by atoms with van der Waals surface area (Å²) in [5.41, 5.74) is 0. The summed E-state index contributed by atoms with van der Waals surface area (Å²) in [7, 11) is -9.89. The van der Waals surface area contributed by atoms with E-state index in [2.05, 4.69) is 27.7 Å². The summed E-state index contributed by atoms with van der Waals surface area (Å²) >= 11 is 0. The smallest absolute Gasteiger partial charge is 0.462 e. The molecule has 19 heteroatoms. The van der Waals surface area contributed by atoms with Gasteiger partial charge in [0.2, 0.25) is 0 Å². The van der Waals surface area contributed by atoms with Crippen LogP contribution in [0.15, 0.2) is 0 Å². The molecule has 0 saturated heterocycles. The van der Waals surface area contributed by atoms with Crippen LogP contribution in [0.5, 0.6) is 0 Å². The number of carbonyl (C=O) groups is 4. The second-order valence-electron chi connectivity index (χ2n) is 25.6. The van der Waals surface area contributed by atoms with Gasteiger partial charge in [0, 0.05) is 25.7 Å². The maximum atomic E-state index is 13.0. The zero-order chi connectivity index (χ0) is 66.1. The van der Waals surface area contributed by atoms with Crippen LogP contribution >= 0.6 is 15.6 Å². The van der Waals surface area contributed by atoms with Gasteiger partial charge in [-0.1, -0.05) is 323 Å². The first-order valence-corrected chi connectivity index (χ1v) is 40.3. The second kappa shape index (κ2) is 65.7. The lowest BCUT2D eigenvalue weighted by molar-refractivity contribution is -0.161. The number of aliphatic hydroxyl groups excluding tert-OH is 1. The number of unbranched alkanes of at least 4 members (excludes halogenated alkanes) is 46. The minimum absolute atomic E-state index is 0.106. The Balaban J connectivity index is 5.10. The van der Waals surface area contributed by atoms with Crippen LogP contribution in [-0.2, 0) is 65.4 Å². The van der Waals surface area contributed by atoms with Gasteiger partial charge in [0.25, 0.3) is 0 Å². The van der Waals surface area contributed by atoms with Crippen LogP contribution < -0.4 is 0 Å². The van der Waals surface area contributed by atoms with Gasteiger partial charge in [0.15, 0.2) is 12.2 Å². The zero-order valence-electron chi connectivity index (χ0n) is 58.1. The quantitative estimate of drug-likeness (QED) is 0.0222. The molecule has 2 unspecified atom stereocenters. The number of hydrogen-bond acceptors (Lipinski definition) is 15. The Morgan fingerprint density at radius 2 is 0.444 bits per heavy atom. The molecule has 0 radical (unpaired) electrons. The summed E-state index contributed by atoms with van der Waals surface area (Å²) < 4.78 is 68.1. The second-order valence-corrected chi connectivity index (χ2v) is 28.5. The van der Waals surface area contributed by atoms with E-state index in [4.69, 9.17) is 37.0 Å². The number of hydrogen-bond donors (Lipinski definition) is 3. The van der Waals surface area contributed by atoms with Gasteiger partial charge >= 0.3 is 39.5 Å². The monoisotopic (exact) mass is 1320 g/mol. The highest BCUT2D eigenvalue weighted by molar-refractivity contribution is 7.47. The number of aliphatic hydroxyl groups is 1. The van der Waals surface area contributed by atoms with Gasteiger partial charge in [0.05, 0.1) is 26.4 Å². The van der Waals surface area contributed by atoms with E-state index in [0.29, 0.717) is 25.7 Å². The number of ether oxygens (including phenoxy) is 4. The van der Waals surface area contributed by atoms with E-state index in [1.54, 1.807) is 0 Å². The van der Waals surface area contributed by atoms with Crippen molar-refractivity contribution in [1.82, 2.24) is 0 Å². The van der Waals surface area contributed by atoms with Crippen molar-refractivity contribution in [2.24, 2.45) is 0 Å². The molecule has 3 N–H and O–H groups in total. The summed E-state index contributed by atoms with van der Waals surface area (Å²) in [6, 6.07) is 0. The maximum Gasteiger partial charge on any atom is 0.472 e. The topological polar surface area (TPSA) is 237 Å². The first kappa shape index (κ1) is 88.1. The van der Waals surface area contributed by atoms with E-state index in [9.17, 15) is 43.2 Å². The predicted octanol–water partition coefficient (Wildman–Crippen LogP) is 20.7. The van der Waals surface area contributed by atoms with Crippen molar-refractivity contribution in [3.8, 4) is 0 Å². The summed E-state index contributed by atoms with van der Waals surface area (Å²) in [6.45, 7) is 4.86. The van der Waals surface area contributed by atoms with Gasteiger partial charge in [-0.3, -0.25) is 37.3 Å². The van der Waals surface area contributed by atoms with Crippen LogP contribution in [0.3, 0.4) is 0 Å². The van der Waals surface area contributed by atoms with Crippen LogP contribution in [0, 0.1) is 0 Å². The maximum absolute atomic E-state index is 13.0. The summed E-state index contributed by atoms with van der Waals surface area (Å²) in [5.74, 6) is -2.13.